The smallest absolute Gasteiger partial charge is 0.192 e. The van der Waals surface area contributed by atoms with Gasteiger partial charge in [0, 0.05) is 12.8 Å². The summed E-state index contributed by atoms with van der Waals surface area (Å²) in [4.78, 5) is 3.94. The van der Waals surface area contributed by atoms with E-state index in [0.717, 1.165) is 6.26 Å². The monoisotopic (exact) mass is 244 g/mol. The normalized spacial score (nSPS) is 12.5. The summed E-state index contributed by atoms with van der Waals surface area (Å²) in [5.74, 6) is 0.435. The Balaban J connectivity index is 2.84. The summed E-state index contributed by atoms with van der Waals surface area (Å²) < 4.78 is 22.5. The maximum Gasteiger partial charge on any atom is 0.192 e. The number of anilines is 1. The first kappa shape index (κ1) is 12.9. The summed E-state index contributed by atoms with van der Waals surface area (Å²) >= 11 is 0. The van der Waals surface area contributed by atoms with Crippen LogP contribution in [0.25, 0.3) is 0 Å². The molecule has 1 rings (SSSR count). The summed E-state index contributed by atoms with van der Waals surface area (Å²) in [6.07, 6.45) is 1.11. The van der Waals surface area contributed by atoms with Crippen LogP contribution in [-0.4, -0.2) is 36.9 Å². The summed E-state index contributed by atoms with van der Waals surface area (Å²) in [6.45, 7) is 3.61. The molecule has 5 nitrogen and oxygen atoms in total. The van der Waals surface area contributed by atoms with E-state index in [-0.39, 0.29) is 5.03 Å². The predicted molar refractivity (Wildman–Crippen MR) is 62.1 cm³/mol. The third kappa shape index (κ3) is 4.16. The molecule has 16 heavy (non-hydrogen) atoms. The van der Waals surface area contributed by atoms with Gasteiger partial charge in [-0.05, 0) is 26.0 Å². The van der Waals surface area contributed by atoms with Gasteiger partial charge in [0.2, 0.25) is 0 Å². The van der Waals surface area contributed by atoms with E-state index in [1.807, 2.05) is 0 Å². The first-order valence-electron chi connectivity index (χ1n) is 4.82. The lowest BCUT2D eigenvalue weighted by atomic mass is 10.1. The van der Waals surface area contributed by atoms with Gasteiger partial charge in [0.15, 0.2) is 14.9 Å². The molecule has 0 radical (unpaired) electrons. The lowest BCUT2D eigenvalue weighted by Crippen LogP contribution is -2.29. The minimum absolute atomic E-state index is 0.0215. The van der Waals surface area contributed by atoms with E-state index < -0.39 is 15.4 Å². The molecule has 90 valence electrons. The first-order valence-corrected chi connectivity index (χ1v) is 6.71. The lowest BCUT2D eigenvalue weighted by molar-refractivity contribution is 0.0944. The molecule has 6 heteroatoms. The van der Waals surface area contributed by atoms with E-state index in [1.54, 1.807) is 26.0 Å². The molecule has 1 aromatic heterocycles. The van der Waals surface area contributed by atoms with Crippen LogP contribution >= 0.6 is 0 Å². The number of hydrogen-bond donors (Lipinski definition) is 2. The molecule has 0 atom stereocenters. The Labute approximate surface area is 95.4 Å². The average Bonchev–Trinajstić information content (AvgIpc) is 2.13. The summed E-state index contributed by atoms with van der Waals surface area (Å²) in [7, 11) is -3.29. The highest BCUT2D eigenvalue weighted by Crippen LogP contribution is 2.11. The Morgan fingerprint density at radius 1 is 1.44 bits per heavy atom. The van der Waals surface area contributed by atoms with Crippen LogP contribution in [0.15, 0.2) is 23.2 Å². The van der Waals surface area contributed by atoms with Crippen molar-refractivity contribution in [3.63, 3.8) is 0 Å². The summed E-state index contributed by atoms with van der Waals surface area (Å²) in [5, 5.41) is 12.4. The molecule has 0 spiro atoms. The molecule has 2 N–H and O–H groups in total. The van der Waals surface area contributed by atoms with Gasteiger partial charge in [0.05, 0.1) is 5.60 Å². The van der Waals surface area contributed by atoms with Crippen molar-refractivity contribution in [2.75, 3.05) is 18.1 Å². The molecule has 0 aliphatic heterocycles. The van der Waals surface area contributed by atoms with Crippen LogP contribution in [0.1, 0.15) is 13.8 Å². The maximum absolute atomic E-state index is 11.2. The molecule has 0 amide bonds. The van der Waals surface area contributed by atoms with Crippen LogP contribution in [0.4, 0.5) is 5.82 Å². The zero-order valence-electron chi connectivity index (χ0n) is 9.56. The number of nitrogens with zero attached hydrogens (tertiary/aromatic N) is 1. The van der Waals surface area contributed by atoms with Crippen molar-refractivity contribution in [2.45, 2.75) is 24.5 Å². The van der Waals surface area contributed by atoms with E-state index in [0.29, 0.717) is 12.4 Å². The largest absolute Gasteiger partial charge is 0.389 e. The fraction of sp³-hybridized carbons (Fsp3) is 0.500. The second-order valence-corrected chi connectivity index (χ2v) is 6.26. The quantitative estimate of drug-likeness (QED) is 0.813. The summed E-state index contributed by atoms with van der Waals surface area (Å²) in [5.41, 5.74) is -0.872. The number of hydrogen-bond acceptors (Lipinski definition) is 5. The number of rotatable bonds is 4. The van der Waals surface area contributed by atoms with Crippen LogP contribution in [0.5, 0.6) is 0 Å². The van der Waals surface area contributed by atoms with Crippen molar-refractivity contribution in [3.8, 4) is 0 Å². The van der Waals surface area contributed by atoms with Crippen LogP contribution in [0, 0.1) is 0 Å². The van der Waals surface area contributed by atoms with Crippen molar-refractivity contribution in [1.82, 2.24) is 4.98 Å². The first-order chi connectivity index (χ1) is 7.18. The van der Waals surface area contributed by atoms with Gasteiger partial charge < -0.3 is 10.4 Å². The van der Waals surface area contributed by atoms with Crippen LogP contribution < -0.4 is 5.32 Å². The van der Waals surface area contributed by atoms with E-state index in [2.05, 4.69) is 10.3 Å². The minimum atomic E-state index is -3.29. The Hall–Kier alpha value is -1.14. The average molecular weight is 244 g/mol. The molecule has 0 bridgehead atoms. The maximum atomic E-state index is 11.2. The standard InChI is InChI=1S/C10H16N2O3S/c1-10(2,13)7-11-8-5-4-6-9(12-8)16(3,14)15/h4-6,13H,7H2,1-3H3,(H,11,12). The topological polar surface area (TPSA) is 79.3 Å². The fourth-order valence-corrected chi connectivity index (χ4v) is 1.62. The molecule has 0 fully saturated rings. The van der Waals surface area contributed by atoms with E-state index in [1.165, 1.54) is 6.07 Å². The van der Waals surface area contributed by atoms with Gasteiger partial charge in [0.1, 0.15) is 5.82 Å². The van der Waals surface area contributed by atoms with Crippen molar-refractivity contribution in [2.24, 2.45) is 0 Å². The minimum Gasteiger partial charge on any atom is -0.389 e. The van der Waals surface area contributed by atoms with Gasteiger partial charge in [-0.1, -0.05) is 6.07 Å². The Morgan fingerprint density at radius 2 is 2.06 bits per heavy atom. The predicted octanol–water partition coefficient (Wildman–Crippen LogP) is 0.668. The van der Waals surface area contributed by atoms with Crippen molar-refractivity contribution in [3.05, 3.63) is 18.2 Å². The molecule has 1 aromatic rings. The van der Waals surface area contributed by atoms with Gasteiger partial charge in [-0.2, -0.15) is 0 Å². The highest BCUT2D eigenvalue weighted by Gasteiger charge is 2.13. The molecule has 0 aliphatic carbocycles. The third-order valence-corrected chi connectivity index (χ3v) is 2.79. The number of aromatic nitrogens is 1. The van der Waals surface area contributed by atoms with Gasteiger partial charge in [-0.25, -0.2) is 13.4 Å². The number of aliphatic hydroxyl groups is 1. The molecule has 0 saturated heterocycles. The highest BCUT2D eigenvalue weighted by atomic mass is 32.2. The van der Waals surface area contributed by atoms with E-state index >= 15 is 0 Å². The van der Waals surface area contributed by atoms with Gasteiger partial charge in [-0.3, -0.25) is 0 Å². The Bertz CT molecular complexity index is 463. The second-order valence-electron chi connectivity index (χ2n) is 4.30. The molecule has 0 saturated carbocycles. The third-order valence-electron chi connectivity index (χ3n) is 1.81. The molecule has 1 heterocycles. The molecule has 0 unspecified atom stereocenters. The van der Waals surface area contributed by atoms with Gasteiger partial charge in [0.25, 0.3) is 0 Å². The zero-order valence-corrected chi connectivity index (χ0v) is 10.4. The summed E-state index contributed by atoms with van der Waals surface area (Å²) in [6, 6.07) is 4.70. The molecular weight excluding hydrogens is 228 g/mol. The van der Waals surface area contributed by atoms with E-state index in [9.17, 15) is 13.5 Å². The Kier molecular flexibility index (Phi) is 3.54. The molecular formula is C10H16N2O3S. The number of sulfone groups is 1. The van der Waals surface area contributed by atoms with E-state index in [4.69, 9.17) is 0 Å². The highest BCUT2D eigenvalue weighted by molar-refractivity contribution is 7.90. The van der Waals surface area contributed by atoms with Crippen molar-refractivity contribution < 1.29 is 13.5 Å². The number of nitrogens with one attached hydrogen (secondary N) is 1. The zero-order chi connectivity index (χ0) is 12.4. The molecule has 0 aromatic carbocycles. The van der Waals surface area contributed by atoms with Crippen LogP contribution in [0.2, 0.25) is 0 Å². The second kappa shape index (κ2) is 4.39. The van der Waals surface area contributed by atoms with Crippen LogP contribution in [0.3, 0.4) is 0 Å². The lowest BCUT2D eigenvalue weighted by Gasteiger charge is -2.18. The molecule has 0 aliphatic rings. The van der Waals surface area contributed by atoms with Gasteiger partial charge in [-0.15, -0.1) is 0 Å². The SMILES string of the molecule is CC(C)(O)CNc1cccc(S(C)(=O)=O)n1. The van der Waals surface area contributed by atoms with Crippen molar-refractivity contribution in [1.29, 1.82) is 0 Å². The van der Waals surface area contributed by atoms with Crippen LogP contribution in [-0.2, 0) is 9.84 Å². The van der Waals surface area contributed by atoms with Gasteiger partial charge >= 0.3 is 0 Å². The Morgan fingerprint density at radius 3 is 2.56 bits per heavy atom. The number of pyridine rings is 1. The fourth-order valence-electron chi connectivity index (χ4n) is 1.03. The van der Waals surface area contributed by atoms with Crippen molar-refractivity contribution >= 4 is 15.7 Å².